The van der Waals surface area contributed by atoms with Crippen LogP contribution in [0.15, 0.2) is 12.2 Å². The Morgan fingerprint density at radius 2 is 1.87 bits per heavy atom. The van der Waals surface area contributed by atoms with Crippen LogP contribution >= 0.6 is 0 Å². The number of unbranched alkanes of at least 4 members (excludes halogenated alkanes) is 3. The summed E-state index contributed by atoms with van der Waals surface area (Å²) in [5, 5.41) is 8.33. The molecule has 4 heteroatoms. The summed E-state index contributed by atoms with van der Waals surface area (Å²) in [7, 11) is 1.68. The van der Waals surface area contributed by atoms with Crippen LogP contribution in [-0.2, 0) is 9.59 Å². The number of aliphatic carboxylic acids is 1. The molecular formula is C11H19NO3. The Kier molecular flexibility index (Phi) is 7.32. The predicted molar refractivity (Wildman–Crippen MR) is 58.6 cm³/mol. The highest BCUT2D eigenvalue weighted by Gasteiger charge is 2.04. The third-order valence-corrected chi connectivity index (χ3v) is 2.09. The van der Waals surface area contributed by atoms with Crippen LogP contribution in [0.5, 0.6) is 0 Å². The van der Waals surface area contributed by atoms with E-state index >= 15 is 0 Å². The van der Waals surface area contributed by atoms with Crippen molar-refractivity contribution in [3.63, 3.8) is 0 Å². The molecule has 0 saturated carbocycles. The normalized spacial score (nSPS) is 10.5. The van der Waals surface area contributed by atoms with E-state index in [-0.39, 0.29) is 5.91 Å². The smallest absolute Gasteiger partial charge is 0.328 e. The first kappa shape index (κ1) is 13.7. The number of likely N-dealkylation sites (N-methyl/N-ethyl adjacent to an activating group) is 1. The zero-order valence-corrected chi connectivity index (χ0v) is 9.40. The van der Waals surface area contributed by atoms with Crippen LogP contribution < -0.4 is 0 Å². The van der Waals surface area contributed by atoms with E-state index in [1.165, 1.54) is 11.3 Å². The van der Waals surface area contributed by atoms with Crippen LogP contribution in [0.2, 0.25) is 0 Å². The fourth-order valence-electron chi connectivity index (χ4n) is 1.16. The topological polar surface area (TPSA) is 57.6 Å². The van der Waals surface area contributed by atoms with Gasteiger partial charge in [-0.25, -0.2) is 4.79 Å². The molecule has 0 fully saturated rings. The van der Waals surface area contributed by atoms with E-state index in [1.807, 2.05) is 0 Å². The van der Waals surface area contributed by atoms with Gasteiger partial charge in [0.05, 0.1) is 0 Å². The molecule has 0 aromatic heterocycles. The number of rotatable bonds is 7. The fourth-order valence-corrected chi connectivity index (χ4v) is 1.16. The molecule has 0 heterocycles. The quantitative estimate of drug-likeness (QED) is 0.517. The summed E-state index contributed by atoms with van der Waals surface area (Å²) in [6.45, 7) is 2.81. The maximum Gasteiger partial charge on any atom is 0.328 e. The van der Waals surface area contributed by atoms with Crippen LogP contribution in [0, 0.1) is 0 Å². The van der Waals surface area contributed by atoms with Gasteiger partial charge in [0.2, 0.25) is 5.91 Å². The monoisotopic (exact) mass is 213 g/mol. The molecule has 0 saturated heterocycles. The summed E-state index contributed by atoms with van der Waals surface area (Å²) in [6.07, 6.45) is 6.37. The molecule has 15 heavy (non-hydrogen) atoms. The molecule has 0 bridgehead atoms. The van der Waals surface area contributed by atoms with E-state index in [0.29, 0.717) is 6.54 Å². The third kappa shape index (κ3) is 7.73. The van der Waals surface area contributed by atoms with Crippen molar-refractivity contribution in [3.8, 4) is 0 Å². The van der Waals surface area contributed by atoms with Crippen LogP contribution in [0.4, 0.5) is 0 Å². The largest absolute Gasteiger partial charge is 0.478 e. The standard InChI is InChI=1S/C11H19NO3/c1-3-4-5-6-9-12(2)10(13)7-8-11(14)15/h7-8H,3-6,9H2,1-2H3,(H,14,15). The zero-order valence-electron chi connectivity index (χ0n) is 9.40. The number of hydrogen-bond donors (Lipinski definition) is 1. The first-order valence-electron chi connectivity index (χ1n) is 5.24. The maximum absolute atomic E-state index is 11.3. The van der Waals surface area contributed by atoms with Crippen molar-refractivity contribution in [2.24, 2.45) is 0 Å². The zero-order chi connectivity index (χ0) is 11.7. The Morgan fingerprint density at radius 1 is 1.20 bits per heavy atom. The number of hydrogen-bond acceptors (Lipinski definition) is 2. The van der Waals surface area contributed by atoms with Crippen molar-refractivity contribution in [2.45, 2.75) is 32.6 Å². The van der Waals surface area contributed by atoms with Gasteiger partial charge in [-0.2, -0.15) is 0 Å². The molecule has 1 amide bonds. The molecule has 0 aliphatic heterocycles. The molecule has 0 unspecified atom stereocenters. The summed E-state index contributed by atoms with van der Waals surface area (Å²) in [5.74, 6) is -1.35. The minimum Gasteiger partial charge on any atom is -0.478 e. The number of carboxylic acid groups (broad SMARTS) is 1. The predicted octanol–water partition coefficient (Wildman–Crippen LogP) is 1.67. The number of nitrogens with zero attached hydrogens (tertiary/aromatic N) is 1. The molecule has 0 aliphatic rings. The van der Waals surface area contributed by atoms with Gasteiger partial charge in [-0.1, -0.05) is 26.2 Å². The Labute approximate surface area is 90.6 Å². The van der Waals surface area contributed by atoms with Crippen LogP contribution in [-0.4, -0.2) is 35.5 Å². The van der Waals surface area contributed by atoms with Crippen LogP contribution in [0.1, 0.15) is 32.6 Å². The number of carbonyl (C=O) groups excluding carboxylic acids is 1. The second-order valence-electron chi connectivity index (χ2n) is 3.49. The van der Waals surface area contributed by atoms with Crippen LogP contribution in [0.25, 0.3) is 0 Å². The summed E-state index contributed by atoms with van der Waals surface area (Å²) in [6, 6.07) is 0. The van der Waals surface area contributed by atoms with Crippen LogP contribution in [0.3, 0.4) is 0 Å². The highest BCUT2D eigenvalue weighted by Crippen LogP contribution is 2.00. The van der Waals surface area contributed by atoms with E-state index in [9.17, 15) is 9.59 Å². The minimum atomic E-state index is -1.09. The lowest BCUT2D eigenvalue weighted by molar-refractivity contribution is -0.132. The molecule has 86 valence electrons. The summed E-state index contributed by atoms with van der Waals surface area (Å²) >= 11 is 0. The maximum atomic E-state index is 11.3. The summed E-state index contributed by atoms with van der Waals surface area (Å²) in [5.41, 5.74) is 0. The summed E-state index contributed by atoms with van der Waals surface area (Å²) in [4.78, 5) is 23.0. The molecule has 0 aromatic carbocycles. The van der Waals surface area contributed by atoms with Crippen molar-refractivity contribution in [1.29, 1.82) is 0 Å². The second kappa shape index (κ2) is 8.03. The van der Waals surface area contributed by atoms with Gasteiger partial charge in [0.25, 0.3) is 0 Å². The van der Waals surface area contributed by atoms with Crippen molar-refractivity contribution < 1.29 is 14.7 Å². The van der Waals surface area contributed by atoms with Crippen molar-refractivity contribution in [3.05, 3.63) is 12.2 Å². The molecule has 0 spiro atoms. The Bertz CT molecular complexity index is 236. The van der Waals surface area contributed by atoms with Gasteiger partial charge >= 0.3 is 5.97 Å². The average Bonchev–Trinajstić information content (AvgIpc) is 2.20. The van der Waals surface area contributed by atoms with Crippen molar-refractivity contribution >= 4 is 11.9 Å². The van der Waals surface area contributed by atoms with Gasteiger partial charge < -0.3 is 10.0 Å². The average molecular weight is 213 g/mol. The van der Waals surface area contributed by atoms with Gasteiger partial charge in [-0.05, 0) is 6.42 Å². The Hall–Kier alpha value is -1.32. The van der Waals surface area contributed by atoms with Gasteiger partial charge in [0.1, 0.15) is 0 Å². The second-order valence-corrected chi connectivity index (χ2v) is 3.49. The molecule has 0 radical (unpaired) electrons. The molecular weight excluding hydrogens is 194 g/mol. The lowest BCUT2D eigenvalue weighted by Gasteiger charge is -2.14. The van der Waals surface area contributed by atoms with E-state index in [4.69, 9.17) is 5.11 Å². The molecule has 0 rings (SSSR count). The van der Waals surface area contributed by atoms with E-state index < -0.39 is 5.97 Å². The van der Waals surface area contributed by atoms with E-state index in [0.717, 1.165) is 31.4 Å². The first-order chi connectivity index (χ1) is 7.07. The molecule has 1 N–H and O–H groups in total. The lowest BCUT2D eigenvalue weighted by atomic mass is 10.2. The Morgan fingerprint density at radius 3 is 2.40 bits per heavy atom. The SMILES string of the molecule is CCCCCCN(C)C(=O)C=CC(=O)O. The molecule has 4 nitrogen and oxygen atoms in total. The highest BCUT2D eigenvalue weighted by atomic mass is 16.4. The van der Waals surface area contributed by atoms with E-state index in [1.54, 1.807) is 7.05 Å². The summed E-state index contributed by atoms with van der Waals surface area (Å²) < 4.78 is 0. The fraction of sp³-hybridized carbons (Fsp3) is 0.636. The number of amides is 1. The molecule has 0 aliphatic carbocycles. The van der Waals surface area contributed by atoms with Gasteiger partial charge in [-0.15, -0.1) is 0 Å². The highest BCUT2D eigenvalue weighted by molar-refractivity contribution is 5.93. The van der Waals surface area contributed by atoms with Gasteiger partial charge in [0.15, 0.2) is 0 Å². The molecule has 0 aromatic rings. The van der Waals surface area contributed by atoms with Gasteiger partial charge in [-0.3, -0.25) is 4.79 Å². The number of carboxylic acids is 1. The van der Waals surface area contributed by atoms with E-state index in [2.05, 4.69) is 6.92 Å². The Balaban J connectivity index is 3.74. The molecule has 0 atom stereocenters. The lowest BCUT2D eigenvalue weighted by Crippen LogP contribution is -2.26. The minimum absolute atomic E-state index is 0.256. The number of carbonyl (C=O) groups is 2. The van der Waals surface area contributed by atoms with Crippen molar-refractivity contribution in [2.75, 3.05) is 13.6 Å². The van der Waals surface area contributed by atoms with Gasteiger partial charge in [0, 0.05) is 25.7 Å². The third-order valence-electron chi connectivity index (χ3n) is 2.09. The van der Waals surface area contributed by atoms with Crippen molar-refractivity contribution in [1.82, 2.24) is 4.90 Å². The first-order valence-corrected chi connectivity index (χ1v) is 5.24.